The standard InChI is InChI=1S/C15H21NO2/c1-3-16-15(14-6-5-11-18-14)12-7-9-13(10-8-12)17-4-2/h6-10,15-16H,3-5,11H2,1-2H3. The van der Waals surface area contributed by atoms with Gasteiger partial charge in [-0.2, -0.15) is 0 Å². The van der Waals surface area contributed by atoms with Crippen LogP contribution in [-0.2, 0) is 4.74 Å². The van der Waals surface area contributed by atoms with Gasteiger partial charge in [0, 0.05) is 6.42 Å². The van der Waals surface area contributed by atoms with Gasteiger partial charge in [0.05, 0.1) is 19.3 Å². The Kier molecular flexibility index (Phi) is 4.65. The Balaban J connectivity index is 2.14. The SMILES string of the molecule is CCNC(C1=CCCO1)c1ccc(OCC)cc1. The molecule has 1 N–H and O–H groups in total. The third-order valence-electron chi connectivity index (χ3n) is 2.95. The molecule has 1 aromatic rings. The Morgan fingerprint density at radius 1 is 1.28 bits per heavy atom. The molecule has 0 aliphatic carbocycles. The lowest BCUT2D eigenvalue weighted by Gasteiger charge is -2.19. The minimum atomic E-state index is 0.160. The van der Waals surface area contributed by atoms with Crippen LogP contribution in [0.25, 0.3) is 0 Å². The molecule has 2 rings (SSSR count). The van der Waals surface area contributed by atoms with Gasteiger partial charge in [-0.1, -0.05) is 19.1 Å². The molecule has 0 spiro atoms. The largest absolute Gasteiger partial charge is 0.496 e. The highest BCUT2D eigenvalue weighted by Gasteiger charge is 2.19. The Labute approximate surface area is 109 Å². The fraction of sp³-hybridized carbons (Fsp3) is 0.467. The van der Waals surface area contributed by atoms with Crippen molar-refractivity contribution in [1.29, 1.82) is 0 Å². The summed E-state index contributed by atoms with van der Waals surface area (Å²) >= 11 is 0. The molecular formula is C15H21NO2. The first kappa shape index (κ1) is 13.0. The predicted octanol–water partition coefficient (Wildman–Crippen LogP) is 3.04. The Hall–Kier alpha value is -1.48. The van der Waals surface area contributed by atoms with E-state index in [-0.39, 0.29) is 6.04 Å². The van der Waals surface area contributed by atoms with Crippen LogP contribution in [0.3, 0.4) is 0 Å². The molecular weight excluding hydrogens is 226 g/mol. The van der Waals surface area contributed by atoms with Gasteiger partial charge in [-0.05, 0) is 37.2 Å². The second-order valence-electron chi connectivity index (χ2n) is 4.24. The molecule has 1 aliphatic heterocycles. The van der Waals surface area contributed by atoms with E-state index in [2.05, 4.69) is 30.4 Å². The van der Waals surface area contributed by atoms with E-state index in [1.165, 1.54) is 5.56 Å². The van der Waals surface area contributed by atoms with Crippen LogP contribution in [0.1, 0.15) is 31.9 Å². The molecule has 1 heterocycles. The highest BCUT2D eigenvalue weighted by atomic mass is 16.5. The number of benzene rings is 1. The van der Waals surface area contributed by atoms with Gasteiger partial charge in [-0.25, -0.2) is 0 Å². The van der Waals surface area contributed by atoms with Crippen molar-refractivity contribution in [3.05, 3.63) is 41.7 Å². The molecule has 98 valence electrons. The van der Waals surface area contributed by atoms with Crippen molar-refractivity contribution in [3.8, 4) is 5.75 Å². The first-order valence-corrected chi connectivity index (χ1v) is 6.64. The molecule has 1 aliphatic rings. The average molecular weight is 247 g/mol. The predicted molar refractivity (Wildman–Crippen MR) is 72.7 cm³/mol. The fourth-order valence-electron chi connectivity index (χ4n) is 2.15. The van der Waals surface area contributed by atoms with Gasteiger partial charge in [0.2, 0.25) is 0 Å². The minimum Gasteiger partial charge on any atom is -0.496 e. The third-order valence-corrected chi connectivity index (χ3v) is 2.95. The zero-order valence-corrected chi connectivity index (χ0v) is 11.1. The smallest absolute Gasteiger partial charge is 0.119 e. The van der Waals surface area contributed by atoms with Crippen LogP contribution in [0.5, 0.6) is 5.75 Å². The van der Waals surface area contributed by atoms with Crippen LogP contribution >= 0.6 is 0 Å². The zero-order valence-electron chi connectivity index (χ0n) is 11.1. The normalized spacial score (nSPS) is 16.0. The van der Waals surface area contributed by atoms with E-state index in [0.29, 0.717) is 6.61 Å². The summed E-state index contributed by atoms with van der Waals surface area (Å²) < 4.78 is 11.1. The van der Waals surface area contributed by atoms with Crippen LogP contribution in [-0.4, -0.2) is 19.8 Å². The second-order valence-corrected chi connectivity index (χ2v) is 4.24. The van der Waals surface area contributed by atoms with Gasteiger partial charge in [0.25, 0.3) is 0 Å². The van der Waals surface area contributed by atoms with Gasteiger partial charge in [-0.15, -0.1) is 0 Å². The van der Waals surface area contributed by atoms with Crippen molar-refractivity contribution in [1.82, 2.24) is 5.32 Å². The average Bonchev–Trinajstić information content (AvgIpc) is 2.91. The van der Waals surface area contributed by atoms with E-state index in [4.69, 9.17) is 9.47 Å². The molecule has 3 heteroatoms. The molecule has 18 heavy (non-hydrogen) atoms. The monoisotopic (exact) mass is 247 g/mol. The van der Waals surface area contributed by atoms with Gasteiger partial charge in [0.1, 0.15) is 11.5 Å². The van der Waals surface area contributed by atoms with E-state index in [1.54, 1.807) is 0 Å². The van der Waals surface area contributed by atoms with Crippen LogP contribution in [0.4, 0.5) is 0 Å². The minimum absolute atomic E-state index is 0.160. The summed E-state index contributed by atoms with van der Waals surface area (Å²) in [6.45, 7) is 6.51. The number of nitrogens with one attached hydrogen (secondary N) is 1. The Morgan fingerprint density at radius 3 is 2.61 bits per heavy atom. The molecule has 0 aromatic heterocycles. The first-order chi connectivity index (χ1) is 8.85. The molecule has 1 atom stereocenters. The van der Waals surface area contributed by atoms with Crippen LogP contribution in [0.2, 0.25) is 0 Å². The summed E-state index contributed by atoms with van der Waals surface area (Å²) in [5.74, 6) is 1.96. The van der Waals surface area contributed by atoms with Crippen molar-refractivity contribution in [2.24, 2.45) is 0 Å². The molecule has 0 saturated heterocycles. The number of rotatable bonds is 6. The maximum atomic E-state index is 5.67. The zero-order chi connectivity index (χ0) is 12.8. The highest BCUT2D eigenvalue weighted by Crippen LogP contribution is 2.27. The molecule has 0 bridgehead atoms. The molecule has 1 unspecified atom stereocenters. The summed E-state index contributed by atoms with van der Waals surface area (Å²) in [6, 6.07) is 8.38. The topological polar surface area (TPSA) is 30.5 Å². The molecule has 1 aromatic carbocycles. The summed E-state index contributed by atoms with van der Waals surface area (Å²) in [6.07, 6.45) is 3.18. The van der Waals surface area contributed by atoms with Crippen molar-refractivity contribution >= 4 is 0 Å². The molecule has 0 radical (unpaired) electrons. The Bertz CT molecular complexity index is 397. The number of ether oxygens (including phenoxy) is 2. The number of hydrogen-bond acceptors (Lipinski definition) is 3. The van der Waals surface area contributed by atoms with Crippen LogP contribution in [0, 0.1) is 0 Å². The first-order valence-electron chi connectivity index (χ1n) is 6.64. The van der Waals surface area contributed by atoms with E-state index >= 15 is 0 Å². The van der Waals surface area contributed by atoms with Crippen molar-refractivity contribution in [2.75, 3.05) is 19.8 Å². The second kappa shape index (κ2) is 6.45. The summed E-state index contributed by atoms with van der Waals surface area (Å²) in [5.41, 5.74) is 1.22. The van der Waals surface area contributed by atoms with Crippen LogP contribution in [0.15, 0.2) is 36.1 Å². The summed E-state index contributed by atoms with van der Waals surface area (Å²) in [7, 11) is 0. The van der Waals surface area contributed by atoms with Crippen molar-refractivity contribution < 1.29 is 9.47 Å². The van der Waals surface area contributed by atoms with Gasteiger partial charge >= 0.3 is 0 Å². The lowest BCUT2D eigenvalue weighted by molar-refractivity contribution is 0.216. The maximum Gasteiger partial charge on any atom is 0.119 e. The lowest BCUT2D eigenvalue weighted by Crippen LogP contribution is -2.23. The van der Waals surface area contributed by atoms with E-state index in [0.717, 1.165) is 31.1 Å². The number of hydrogen-bond donors (Lipinski definition) is 1. The van der Waals surface area contributed by atoms with E-state index in [9.17, 15) is 0 Å². The maximum absolute atomic E-state index is 5.67. The summed E-state index contributed by atoms with van der Waals surface area (Å²) in [4.78, 5) is 0. The van der Waals surface area contributed by atoms with E-state index in [1.807, 2.05) is 19.1 Å². The molecule has 3 nitrogen and oxygen atoms in total. The highest BCUT2D eigenvalue weighted by molar-refractivity contribution is 5.32. The number of likely N-dealkylation sites (N-methyl/N-ethyl adjacent to an activating group) is 1. The Morgan fingerprint density at radius 2 is 2.06 bits per heavy atom. The van der Waals surface area contributed by atoms with Gasteiger partial charge in [0.15, 0.2) is 0 Å². The van der Waals surface area contributed by atoms with Crippen molar-refractivity contribution in [3.63, 3.8) is 0 Å². The fourth-order valence-corrected chi connectivity index (χ4v) is 2.15. The lowest BCUT2D eigenvalue weighted by atomic mass is 10.0. The third kappa shape index (κ3) is 3.05. The molecule has 0 amide bonds. The molecule has 0 fully saturated rings. The summed E-state index contributed by atoms with van der Waals surface area (Å²) in [5, 5.41) is 3.46. The van der Waals surface area contributed by atoms with Crippen LogP contribution < -0.4 is 10.1 Å². The van der Waals surface area contributed by atoms with E-state index < -0.39 is 0 Å². The quantitative estimate of drug-likeness (QED) is 0.838. The van der Waals surface area contributed by atoms with Crippen molar-refractivity contribution in [2.45, 2.75) is 26.3 Å². The van der Waals surface area contributed by atoms with Gasteiger partial charge < -0.3 is 14.8 Å². The van der Waals surface area contributed by atoms with Gasteiger partial charge in [-0.3, -0.25) is 0 Å². The molecule has 0 saturated carbocycles.